The average Bonchev–Trinajstić information content (AvgIpc) is 2.58. The molecule has 0 spiro atoms. The second-order valence-electron chi connectivity index (χ2n) is 4.85. The highest BCUT2D eigenvalue weighted by Gasteiger charge is 2.10. The molecule has 0 atom stereocenters. The molecular weight excluding hydrogens is 310 g/mol. The van der Waals surface area contributed by atoms with E-state index in [9.17, 15) is 20.0 Å². The van der Waals surface area contributed by atoms with Gasteiger partial charge in [0.2, 0.25) is 0 Å². The minimum Gasteiger partial charge on any atom is -0.507 e. The van der Waals surface area contributed by atoms with E-state index in [1.54, 1.807) is 24.3 Å². The highest BCUT2D eigenvalue weighted by Crippen LogP contribution is 2.21. The van der Waals surface area contributed by atoms with Crippen molar-refractivity contribution >= 4 is 17.8 Å². The van der Waals surface area contributed by atoms with Gasteiger partial charge in [0.15, 0.2) is 0 Å². The zero-order valence-corrected chi connectivity index (χ0v) is 12.7. The third-order valence-corrected chi connectivity index (χ3v) is 3.20. The Morgan fingerprint density at radius 1 is 1.33 bits per heavy atom. The first-order chi connectivity index (χ1) is 11.5. The Balaban J connectivity index is 2.10. The van der Waals surface area contributed by atoms with E-state index in [-0.39, 0.29) is 17.0 Å². The summed E-state index contributed by atoms with van der Waals surface area (Å²) in [5, 5.41) is 24.6. The Morgan fingerprint density at radius 3 is 2.79 bits per heavy atom. The zero-order valence-electron chi connectivity index (χ0n) is 12.7. The lowest BCUT2D eigenvalue weighted by Gasteiger charge is -2.04. The van der Waals surface area contributed by atoms with Crippen LogP contribution in [0.2, 0.25) is 0 Å². The van der Waals surface area contributed by atoms with E-state index < -0.39 is 10.8 Å². The molecule has 2 N–H and O–H groups in total. The maximum atomic E-state index is 11.9. The molecule has 0 aromatic heterocycles. The number of non-ortho nitro benzene ring substituents is 1. The van der Waals surface area contributed by atoms with Gasteiger partial charge in [-0.15, -0.1) is 6.58 Å². The summed E-state index contributed by atoms with van der Waals surface area (Å²) in [6, 6.07) is 10.5. The number of nitro groups is 1. The molecule has 0 saturated carbocycles. The van der Waals surface area contributed by atoms with Crippen molar-refractivity contribution in [2.45, 2.75) is 6.42 Å². The molecular formula is C17H15N3O4. The third kappa shape index (κ3) is 4.04. The molecule has 0 aliphatic heterocycles. The Bertz CT molecular complexity index is 815. The van der Waals surface area contributed by atoms with E-state index >= 15 is 0 Å². The SMILES string of the molecule is C=CCc1cccc(/C=N/NC(=O)c2cccc([N+](=O)[O-])c2)c1O. The number of nitrogens with zero attached hydrogens (tertiary/aromatic N) is 2. The number of nitro benzene ring substituents is 1. The number of hydrogen-bond acceptors (Lipinski definition) is 5. The molecule has 7 heteroatoms. The van der Waals surface area contributed by atoms with Gasteiger partial charge in [0.1, 0.15) is 5.75 Å². The number of phenolic OH excluding ortho intramolecular Hbond substituents is 1. The molecule has 24 heavy (non-hydrogen) atoms. The third-order valence-electron chi connectivity index (χ3n) is 3.20. The molecule has 0 heterocycles. The summed E-state index contributed by atoms with van der Waals surface area (Å²) in [4.78, 5) is 22.1. The fourth-order valence-electron chi connectivity index (χ4n) is 2.02. The van der Waals surface area contributed by atoms with Gasteiger partial charge in [-0.2, -0.15) is 5.10 Å². The number of hydrazone groups is 1. The molecule has 1 amide bonds. The van der Waals surface area contributed by atoms with Gasteiger partial charge in [0.25, 0.3) is 11.6 Å². The smallest absolute Gasteiger partial charge is 0.271 e. The van der Waals surface area contributed by atoms with Crippen molar-refractivity contribution < 1.29 is 14.8 Å². The van der Waals surface area contributed by atoms with Crippen LogP contribution in [0.5, 0.6) is 5.75 Å². The molecule has 0 bridgehead atoms. The van der Waals surface area contributed by atoms with Gasteiger partial charge < -0.3 is 5.11 Å². The summed E-state index contributed by atoms with van der Waals surface area (Å²) in [5.41, 5.74) is 3.34. The number of carbonyl (C=O) groups is 1. The number of allylic oxidation sites excluding steroid dienone is 1. The number of amides is 1. The van der Waals surface area contributed by atoms with Gasteiger partial charge in [0.05, 0.1) is 11.1 Å². The fourth-order valence-corrected chi connectivity index (χ4v) is 2.02. The van der Waals surface area contributed by atoms with Gasteiger partial charge in [-0.25, -0.2) is 5.43 Å². The number of benzene rings is 2. The van der Waals surface area contributed by atoms with Crippen LogP contribution in [0.25, 0.3) is 0 Å². The van der Waals surface area contributed by atoms with Crippen LogP contribution in [-0.2, 0) is 6.42 Å². The number of rotatable bonds is 6. The number of phenols is 1. The monoisotopic (exact) mass is 325 g/mol. The lowest BCUT2D eigenvalue weighted by atomic mass is 10.1. The number of nitrogens with one attached hydrogen (secondary N) is 1. The van der Waals surface area contributed by atoms with E-state index in [2.05, 4.69) is 17.1 Å². The van der Waals surface area contributed by atoms with E-state index in [1.807, 2.05) is 0 Å². The first-order valence-corrected chi connectivity index (χ1v) is 7.02. The Hall–Kier alpha value is -3.48. The van der Waals surface area contributed by atoms with E-state index in [0.29, 0.717) is 17.5 Å². The van der Waals surface area contributed by atoms with E-state index in [1.165, 1.54) is 24.4 Å². The topological polar surface area (TPSA) is 105 Å². The van der Waals surface area contributed by atoms with Gasteiger partial charge >= 0.3 is 0 Å². The summed E-state index contributed by atoms with van der Waals surface area (Å²) in [6.07, 6.45) is 3.48. The molecule has 0 radical (unpaired) electrons. The molecule has 2 aromatic rings. The van der Waals surface area contributed by atoms with Gasteiger partial charge in [-0.3, -0.25) is 14.9 Å². The zero-order chi connectivity index (χ0) is 17.5. The lowest BCUT2D eigenvalue weighted by Crippen LogP contribution is -2.17. The Kier molecular flexibility index (Phi) is 5.40. The minimum atomic E-state index is -0.586. The van der Waals surface area contributed by atoms with Crippen LogP contribution >= 0.6 is 0 Å². The summed E-state index contributed by atoms with van der Waals surface area (Å²) >= 11 is 0. The van der Waals surface area contributed by atoms with Crippen LogP contribution in [0, 0.1) is 10.1 Å². The predicted molar refractivity (Wildman–Crippen MR) is 90.2 cm³/mol. The van der Waals surface area contributed by atoms with Crippen molar-refractivity contribution in [3.05, 3.63) is 81.9 Å². The highest BCUT2D eigenvalue weighted by molar-refractivity contribution is 5.95. The van der Waals surface area contributed by atoms with Crippen LogP contribution in [-0.4, -0.2) is 22.2 Å². The highest BCUT2D eigenvalue weighted by atomic mass is 16.6. The molecule has 0 unspecified atom stereocenters. The van der Waals surface area contributed by atoms with Crippen molar-refractivity contribution in [2.24, 2.45) is 5.10 Å². The number of hydrogen-bond donors (Lipinski definition) is 2. The van der Waals surface area contributed by atoms with Crippen LogP contribution in [0.1, 0.15) is 21.5 Å². The first kappa shape index (κ1) is 16.9. The van der Waals surface area contributed by atoms with Crippen molar-refractivity contribution in [3.63, 3.8) is 0 Å². The normalized spacial score (nSPS) is 10.5. The largest absolute Gasteiger partial charge is 0.507 e. The van der Waals surface area contributed by atoms with Crippen molar-refractivity contribution in [2.75, 3.05) is 0 Å². The van der Waals surface area contributed by atoms with Gasteiger partial charge in [0, 0.05) is 23.3 Å². The molecule has 0 aliphatic rings. The summed E-state index contributed by atoms with van der Waals surface area (Å²) in [7, 11) is 0. The molecule has 7 nitrogen and oxygen atoms in total. The summed E-state index contributed by atoms with van der Waals surface area (Å²) < 4.78 is 0. The van der Waals surface area contributed by atoms with Crippen LogP contribution < -0.4 is 5.43 Å². The van der Waals surface area contributed by atoms with Gasteiger partial charge in [-0.1, -0.05) is 24.3 Å². The average molecular weight is 325 g/mol. The maximum Gasteiger partial charge on any atom is 0.271 e. The quantitative estimate of drug-likeness (QED) is 0.369. The van der Waals surface area contributed by atoms with E-state index in [0.717, 1.165) is 6.07 Å². The maximum absolute atomic E-state index is 11.9. The molecule has 2 rings (SSSR count). The second kappa shape index (κ2) is 7.68. The number of para-hydroxylation sites is 1. The van der Waals surface area contributed by atoms with E-state index in [4.69, 9.17) is 0 Å². The molecule has 0 fully saturated rings. The van der Waals surface area contributed by atoms with Crippen molar-refractivity contribution in [1.82, 2.24) is 5.43 Å². The predicted octanol–water partition coefficient (Wildman–Crippen LogP) is 2.79. The summed E-state index contributed by atoms with van der Waals surface area (Å²) in [5.74, 6) is -0.526. The molecule has 2 aromatic carbocycles. The Labute approximate surface area is 138 Å². The van der Waals surface area contributed by atoms with Gasteiger partial charge in [-0.05, 0) is 24.1 Å². The van der Waals surface area contributed by atoms with Crippen molar-refractivity contribution in [3.8, 4) is 5.75 Å². The van der Waals surface area contributed by atoms with Crippen LogP contribution in [0.4, 0.5) is 5.69 Å². The number of carbonyl (C=O) groups excluding carboxylic acids is 1. The fraction of sp³-hybridized carbons (Fsp3) is 0.0588. The molecule has 122 valence electrons. The minimum absolute atomic E-state index is 0.0609. The lowest BCUT2D eigenvalue weighted by molar-refractivity contribution is -0.384. The van der Waals surface area contributed by atoms with Crippen LogP contribution in [0.3, 0.4) is 0 Å². The standard InChI is InChI=1S/C17H15N3O4/c1-2-5-12-6-3-8-14(16(12)21)11-18-19-17(22)13-7-4-9-15(10-13)20(23)24/h2-4,6-11,21H,1,5H2,(H,19,22)/b18-11+. The first-order valence-electron chi connectivity index (χ1n) is 7.02. The van der Waals surface area contributed by atoms with Crippen molar-refractivity contribution in [1.29, 1.82) is 0 Å². The molecule has 0 saturated heterocycles. The number of aromatic hydroxyl groups is 1. The second-order valence-corrected chi connectivity index (χ2v) is 4.85. The van der Waals surface area contributed by atoms with Crippen LogP contribution in [0.15, 0.2) is 60.2 Å². The summed E-state index contributed by atoms with van der Waals surface area (Å²) in [6.45, 7) is 3.62. The molecule has 0 aliphatic carbocycles. The Morgan fingerprint density at radius 2 is 2.08 bits per heavy atom.